The number of phosphoric acid groups is 2. The molecular formula is C60H116O17P2. The van der Waals surface area contributed by atoms with Crippen molar-refractivity contribution >= 4 is 39.5 Å². The van der Waals surface area contributed by atoms with E-state index in [1.54, 1.807) is 0 Å². The molecule has 0 aliphatic carbocycles. The molecule has 0 aliphatic heterocycles. The van der Waals surface area contributed by atoms with Gasteiger partial charge in [0.05, 0.1) is 26.4 Å². The van der Waals surface area contributed by atoms with Crippen LogP contribution in [0.3, 0.4) is 0 Å². The lowest BCUT2D eigenvalue weighted by Crippen LogP contribution is -2.30. The Balaban J connectivity index is 5.23. The highest BCUT2D eigenvalue weighted by Gasteiger charge is 2.30. The average molecular weight is 1170 g/mol. The molecule has 0 amide bonds. The first kappa shape index (κ1) is 77.1. The lowest BCUT2D eigenvalue weighted by molar-refractivity contribution is -0.161. The zero-order chi connectivity index (χ0) is 58.7. The molecule has 0 heterocycles. The maximum atomic E-state index is 12.9. The summed E-state index contributed by atoms with van der Waals surface area (Å²) < 4.78 is 67.7. The van der Waals surface area contributed by atoms with Gasteiger partial charge in [-0.2, -0.15) is 0 Å². The second kappa shape index (κ2) is 52.8. The number of carbonyl (C=O) groups is 4. The number of unbranched alkanes of at least 4 members (excludes halogenated alkanes) is 28. The summed E-state index contributed by atoms with van der Waals surface area (Å²) in [5.41, 5.74) is 0. The Morgan fingerprint density at radius 1 is 0.367 bits per heavy atom. The van der Waals surface area contributed by atoms with Crippen LogP contribution in [0.15, 0.2) is 0 Å². The molecule has 0 saturated heterocycles. The SMILES string of the molecule is CCCCCCCCCCC(=O)OC[C@H](COP(=O)(O)OC[C@H](O)COP(=O)(O)OC[C@@H](COC(=O)CCCCCCCCCCC(C)C)OC(=O)CCCCCCCCCCC(C)CC)OC(=O)CCCCCCCCCC. The number of rotatable bonds is 59. The largest absolute Gasteiger partial charge is 0.472 e. The fraction of sp³-hybridized carbons (Fsp3) is 0.933. The summed E-state index contributed by atoms with van der Waals surface area (Å²) in [6, 6.07) is 0. The quantitative estimate of drug-likeness (QED) is 0.0222. The Bertz CT molecular complexity index is 1570. The second-order valence-electron chi connectivity index (χ2n) is 22.5. The van der Waals surface area contributed by atoms with Gasteiger partial charge in [-0.05, 0) is 37.5 Å². The van der Waals surface area contributed by atoms with E-state index in [2.05, 4.69) is 41.5 Å². The van der Waals surface area contributed by atoms with Crippen molar-refractivity contribution in [2.45, 2.75) is 310 Å². The van der Waals surface area contributed by atoms with E-state index >= 15 is 0 Å². The Kier molecular flexibility index (Phi) is 51.5. The van der Waals surface area contributed by atoms with E-state index in [1.807, 2.05) is 0 Å². The summed E-state index contributed by atoms with van der Waals surface area (Å²) in [4.78, 5) is 71.9. The van der Waals surface area contributed by atoms with E-state index in [9.17, 15) is 43.2 Å². The molecule has 0 aromatic rings. The molecular weight excluding hydrogens is 1050 g/mol. The number of esters is 4. The van der Waals surface area contributed by atoms with E-state index < -0.39 is 97.5 Å². The van der Waals surface area contributed by atoms with Gasteiger partial charge in [0.25, 0.3) is 0 Å². The van der Waals surface area contributed by atoms with Crippen LogP contribution < -0.4 is 0 Å². The number of hydrogen-bond acceptors (Lipinski definition) is 15. The number of aliphatic hydroxyl groups excluding tert-OH is 1. The monoisotopic (exact) mass is 1170 g/mol. The normalized spacial score (nSPS) is 14.8. The van der Waals surface area contributed by atoms with Crippen LogP contribution in [0, 0.1) is 11.8 Å². The van der Waals surface area contributed by atoms with E-state index in [0.717, 1.165) is 115 Å². The second-order valence-corrected chi connectivity index (χ2v) is 25.4. The number of aliphatic hydroxyl groups is 1. The van der Waals surface area contributed by atoms with Gasteiger partial charge in [0.1, 0.15) is 19.3 Å². The predicted octanol–water partition coefficient (Wildman–Crippen LogP) is 16.1. The van der Waals surface area contributed by atoms with Crippen molar-refractivity contribution in [3.63, 3.8) is 0 Å². The van der Waals surface area contributed by atoms with Crippen molar-refractivity contribution in [3.8, 4) is 0 Å². The van der Waals surface area contributed by atoms with Crippen LogP contribution >= 0.6 is 15.6 Å². The Labute approximate surface area is 479 Å². The third kappa shape index (κ3) is 53.8. The maximum Gasteiger partial charge on any atom is 0.472 e. The summed E-state index contributed by atoms with van der Waals surface area (Å²) in [6.07, 6.45) is 33.5. The molecule has 0 aromatic carbocycles. The van der Waals surface area contributed by atoms with Crippen molar-refractivity contribution in [1.29, 1.82) is 0 Å². The molecule has 3 N–H and O–H groups in total. The van der Waals surface area contributed by atoms with Crippen LogP contribution in [0.2, 0.25) is 0 Å². The van der Waals surface area contributed by atoms with Crippen molar-refractivity contribution < 1.29 is 80.2 Å². The Morgan fingerprint density at radius 3 is 0.962 bits per heavy atom. The van der Waals surface area contributed by atoms with Gasteiger partial charge in [0.2, 0.25) is 0 Å². The number of ether oxygens (including phenoxy) is 4. The zero-order valence-corrected chi connectivity index (χ0v) is 52.4. The van der Waals surface area contributed by atoms with Crippen LogP contribution in [0.1, 0.15) is 292 Å². The number of phosphoric ester groups is 2. The minimum absolute atomic E-state index is 0.104. The molecule has 3 unspecified atom stereocenters. The molecule has 0 aromatic heterocycles. The molecule has 19 heteroatoms. The van der Waals surface area contributed by atoms with Crippen molar-refractivity contribution in [1.82, 2.24) is 0 Å². The summed E-state index contributed by atoms with van der Waals surface area (Å²) in [5, 5.41) is 10.5. The van der Waals surface area contributed by atoms with E-state index in [1.165, 1.54) is 96.3 Å². The molecule has 0 spiro atoms. The van der Waals surface area contributed by atoms with Crippen molar-refractivity contribution in [2.75, 3.05) is 39.6 Å². The highest BCUT2D eigenvalue weighted by molar-refractivity contribution is 7.47. The molecule has 17 nitrogen and oxygen atoms in total. The molecule has 0 fully saturated rings. The van der Waals surface area contributed by atoms with Gasteiger partial charge in [0.15, 0.2) is 12.2 Å². The number of hydrogen-bond donors (Lipinski definition) is 3. The van der Waals surface area contributed by atoms with E-state index in [0.29, 0.717) is 25.7 Å². The van der Waals surface area contributed by atoms with Gasteiger partial charge in [-0.15, -0.1) is 0 Å². The maximum absolute atomic E-state index is 12.9. The van der Waals surface area contributed by atoms with Crippen molar-refractivity contribution in [2.24, 2.45) is 11.8 Å². The average Bonchev–Trinajstić information content (AvgIpc) is 3.41. The van der Waals surface area contributed by atoms with Crippen molar-refractivity contribution in [3.05, 3.63) is 0 Å². The molecule has 79 heavy (non-hydrogen) atoms. The van der Waals surface area contributed by atoms with Crippen LogP contribution in [0.4, 0.5) is 0 Å². The Morgan fingerprint density at radius 2 is 0.646 bits per heavy atom. The topological polar surface area (TPSA) is 237 Å². The van der Waals surface area contributed by atoms with Crippen LogP contribution in [-0.2, 0) is 65.4 Å². The third-order valence-corrected chi connectivity index (χ3v) is 16.0. The third-order valence-electron chi connectivity index (χ3n) is 14.1. The molecule has 0 aliphatic rings. The fourth-order valence-electron chi connectivity index (χ4n) is 8.79. The summed E-state index contributed by atoms with van der Waals surface area (Å²) in [7, 11) is -9.87. The highest BCUT2D eigenvalue weighted by atomic mass is 31.2. The molecule has 0 saturated carbocycles. The molecule has 0 bridgehead atoms. The first-order valence-corrected chi connectivity index (χ1v) is 34.5. The minimum Gasteiger partial charge on any atom is -0.462 e. The number of carbonyl (C=O) groups excluding carboxylic acids is 4. The van der Waals surface area contributed by atoms with Gasteiger partial charge in [0, 0.05) is 25.7 Å². The summed E-state index contributed by atoms with van der Waals surface area (Å²) in [6.45, 7) is 9.37. The van der Waals surface area contributed by atoms with Gasteiger partial charge in [-0.1, -0.05) is 241 Å². The predicted molar refractivity (Wildman–Crippen MR) is 312 cm³/mol. The summed E-state index contributed by atoms with van der Waals surface area (Å²) >= 11 is 0. The van der Waals surface area contributed by atoms with E-state index in [-0.39, 0.29) is 25.7 Å². The fourth-order valence-corrected chi connectivity index (χ4v) is 10.4. The zero-order valence-electron chi connectivity index (χ0n) is 50.7. The molecule has 468 valence electrons. The first-order chi connectivity index (χ1) is 37.9. The minimum atomic E-state index is -4.94. The van der Waals surface area contributed by atoms with Gasteiger partial charge < -0.3 is 33.8 Å². The first-order valence-electron chi connectivity index (χ1n) is 31.5. The highest BCUT2D eigenvalue weighted by Crippen LogP contribution is 2.45. The Hall–Kier alpha value is -1.94. The van der Waals surface area contributed by atoms with Gasteiger partial charge >= 0.3 is 39.5 Å². The van der Waals surface area contributed by atoms with E-state index in [4.69, 9.17) is 37.0 Å². The smallest absolute Gasteiger partial charge is 0.462 e. The van der Waals surface area contributed by atoms with Gasteiger partial charge in [-0.3, -0.25) is 37.3 Å². The standard InChI is InChI=1S/C60H116O17P2/c1-7-10-12-14-16-24-30-36-42-57(62)70-48-55(76-59(64)44-38-32-25-17-15-13-11-8-2)50-74-78(66,67)72-46-54(61)47-73-79(68,69)75-51-56(49-71-58(63)43-37-31-26-20-18-22-28-34-40-52(4)5)77-60(65)45-39-33-27-21-19-23-29-35-41-53(6)9-3/h52-56,61H,7-51H2,1-6H3,(H,66,67)(H,68,69)/t53?,54-,55+,56+/m0/s1. The van der Waals surface area contributed by atoms with Crippen LogP contribution in [0.5, 0.6) is 0 Å². The lowest BCUT2D eigenvalue weighted by Gasteiger charge is -2.21. The van der Waals surface area contributed by atoms with Crippen LogP contribution in [-0.4, -0.2) is 96.7 Å². The van der Waals surface area contributed by atoms with Crippen LogP contribution in [0.25, 0.3) is 0 Å². The molecule has 0 radical (unpaired) electrons. The lowest BCUT2D eigenvalue weighted by atomic mass is 9.99. The molecule has 6 atom stereocenters. The molecule has 0 rings (SSSR count). The summed E-state index contributed by atoms with van der Waals surface area (Å²) in [5.74, 6) is -0.650. The van der Waals surface area contributed by atoms with Gasteiger partial charge in [-0.25, -0.2) is 9.13 Å².